The number of nitrogens with zero attached hydrogens (tertiary/aromatic N) is 4. The molecule has 8 heteroatoms. The fourth-order valence-electron chi connectivity index (χ4n) is 5.43. The maximum Gasteiger partial charge on any atom is 0.239 e. The van der Waals surface area contributed by atoms with Gasteiger partial charge in [-0.1, -0.05) is 12.1 Å². The molecule has 0 unspecified atom stereocenters. The standard InChI is InChI=1S/C27H35N5O3/c1-19-20(2)32(17-23-4-3-12-34-23)27(24(19)15-28)29-26(33)18-31-10-8-30(9-11-31)16-21-5-6-25-22(14-21)7-13-35-25/h5-6,14,23H,3-4,7-13,16-18H2,1-2H3,(H,29,33)/t23-/m1/s1. The third kappa shape index (κ3) is 5.22. The highest BCUT2D eigenvalue weighted by atomic mass is 16.5. The summed E-state index contributed by atoms with van der Waals surface area (Å²) in [5.41, 5.74) is 5.12. The van der Waals surface area contributed by atoms with Crippen LogP contribution in [0.15, 0.2) is 18.2 Å². The van der Waals surface area contributed by atoms with Crippen LogP contribution >= 0.6 is 0 Å². The normalized spacial score (nSPS) is 20.4. The fraction of sp³-hybridized carbons (Fsp3) is 0.556. The highest BCUT2D eigenvalue weighted by molar-refractivity contribution is 5.93. The highest BCUT2D eigenvalue weighted by Crippen LogP contribution is 2.29. The van der Waals surface area contributed by atoms with E-state index in [-0.39, 0.29) is 12.0 Å². The molecule has 3 aliphatic rings. The molecule has 0 aliphatic carbocycles. The first-order valence-electron chi connectivity index (χ1n) is 12.7. The number of aromatic nitrogens is 1. The van der Waals surface area contributed by atoms with Crippen molar-refractivity contribution in [3.8, 4) is 11.8 Å². The molecule has 0 bridgehead atoms. The summed E-state index contributed by atoms with van der Waals surface area (Å²) in [5, 5.41) is 12.8. The smallest absolute Gasteiger partial charge is 0.239 e. The van der Waals surface area contributed by atoms with Gasteiger partial charge in [-0.05, 0) is 49.4 Å². The fourth-order valence-corrected chi connectivity index (χ4v) is 5.43. The molecule has 186 valence electrons. The van der Waals surface area contributed by atoms with E-state index in [1.807, 2.05) is 13.8 Å². The molecule has 1 aromatic heterocycles. The molecule has 5 rings (SSSR count). The van der Waals surface area contributed by atoms with Crippen molar-refractivity contribution in [2.24, 2.45) is 0 Å². The Morgan fingerprint density at radius 3 is 2.71 bits per heavy atom. The van der Waals surface area contributed by atoms with Gasteiger partial charge in [-0.3, -0.25) is 14.6 Å². The molecule has 0 radical (unpaired) electrons. The lowest BCUT2D eigenvalue weighted by Gasteiger charge is -2.34. The third-order valence-electron chi connectivity index (χ3n) is 7.60. The lowest BCUT2D eigenvalue weighted by Crippen LogP contribution is -2.48. The molecule has 0 saturated carbocycles. The van der Waals surface area contributed by atoms with E-state index in [0.717, 1.165) is 82.2 Å². The molecule has 35 heavy (non-hydrogen) atoms. The van der Waals surface area contributed by atoms with Crippen molar-refractivity contribution in [1.82, 2.24) is 14.4 Å². The van der Waals surface area contributed by atoms with E-state index < -0.39 is 0 Å². The molecule has 0 spiro atoms. The number of nitrogens with one attached hydrogen (secondary N) is 1. The van der Waals surface area contributed by atoms with Gasteiger partial charge in [0.15, 0.2) is 0 Å². The van der Waals surface area contributed by atoms with Gasteiger partial charge in [0.25, 0.3) is 0 Å². The topological polar surface area (TPSA) is 82.8 Å². The van der Waals surface area contributed by atoms with Crippen molar-refractivity contribution in [2.45, 2.75) is 52.3 Å². The van der Waals surface area contributed by atoms with Crippen LogP contribution in [0.2, 0.25) is 0 Å². The highest BCUT2D eigenvalue weighted by Gasteiger charge is 2.25. The largest absolute Gasteiger partial charge is 0.493 e. The average Bonchev–Trinajstić information content (AvgIpc) is 3.58. The van der Waals surface area contributed by atoms with Gasteiger partial charge in [-0.25, -0.2) is 0 Å². The minimum atomic E-state index is -0.0698. The van der Waals surface area contributed by atoms with Crippen LogP contribution in [-0.4, -0.2) is 72.3 Å². The van der Waals surface area contributed by atoms with E-state index in [4.69, 9.17) is 9.47 Å². The Bertz CT molecular complexity index is 1120. The average molecular weight is 478 g/mol. The number of piperazine rings is 1. The van der Waals surface area contributed by atoms with Crippen LogP contribution in [0, 0.1) is 25.2 Å². The number of fused-ring (bicyclic) bond motifs is 1. The van der Waals surface area contributed by atoms with Gasteiger partial charge in [0.1, 0.15) is 17.6 Å². The van der Waals surface area contributed by atoms with Gasteiger partial charge < -0.3 is 19.4 Å². The molecule has 2 fully saturated rings. The quantitative estimate of drug-likeness (QED) is 0.660. The first-order chi connectivity index (χ1) is 17.0. The summed E-state index contributed by atoms with van der Waals surface area (Å²) in [6.07, 6.45) is 3.20. The number of ether oxygens (including phenoxy) is 2. The zero-order valence-corrected chi connectivity index (χ0v) is 20.8. The van der Waals surface area contributed by atoms with Crippen molar-refractivity contribution < 1.29 is 14.3 Å². The summed E-state index contributed by atoms with van der Waals surface area (Å²) in [6.45, 7) is 11.0. The lowest BCUT2D eigenvalue weighted by atomic mass is 10.1. The van der Waals surface area contributed by atoms with Crippen LogP contribution in [0.4, 0.5) is 5.82 Å². The van der Waals surface area contributed by atoms with E-state index >= 15 is 0 Å². The summed E-state index contributed by atoms with van der Waals surface area (Å²) in [4.78, 5) is 17.6. The van der Waals surface area contributed by atoms with Crippen molar-refractivity contribution in [2.75, 3.05) is 51.3 Å². The SMILES string of the molecule is Cc1c(C#N)c(NC(=O)CN2CCN(Cc3ccc4c(c3)CCO4)CC2)n(C[C@H]2CCCO2)c1C. The first-order valence-corrected chi connectivity index (χ1v) is 12.7. The summed E-state index contributed by atoms with van der Waals surface area (Å²) in [6, 6.07) is 8.82. The predicted octanol–water partition coefficient (Wildman–Crippen LogP) is 2.85. The maximum absolute atomic E-state index is 13.0. The molecule has 8 nitrogen and oxygen atoms in total. The van der Waals surface area contributed by atoms with Crippen LogP contribution in [0.5, 0.6) is 5.75 Å². The van der Waals surface area contributed by atoms with E-state index in [1.165, 1.54) is 11.1 Å². The zero-order chi connectivity index (χ0) is 24.4. The second kappa shape index (κ2) is 10.4. The van der Waals surface area contributed by atoms with E-state index in [0.29, 0.717) is 24.5 Å². The molecule has 1 amide bonds. The summed E-state index contributed by atoms with van der Waals surface area (Å²) in [5.74, 6) is 1.57. The van der Waals surface area contributed by atoms with E-state index in [9.17, 15) is 10.1 Å². The van der Waals surface area contributed by atoms with Crippen molar-refractivity contribution in [3.05, 3.63) is 46.1 Å². The first kappa shape index (κ1) is 23.9. The number of nitriles is 1. The Hall–Kier alpha value is -2.86. The Morgan fingerprint density at radius 2 is 1.97 bits per heavy atom. The number of hydrogen-bond acceptors (Lipinski definition) is 6. The minimum Gasteiger partial charge on any atom is -0.493 e. The number of hydrogen-bond donors (Lipinski definition) is 1. The number of carbonyl (C=O) groups excluding carboxylic acids is 1. The Morgan fingerprint density at radius 1 is 1.17 bits per heavy atom. The molecule has 2 aromatic rings. The Balaban J connectivity index is 1.16. The van der Waals surface area contributed by atoms with E-state index in [2.05, 4.69) is 44.0 Å². The van der Waals surface area contributed by atoms with Crippen LogP contribution in [-0.2, 0) is 29.0 Å². The molecular weight excluding hydrogens is 442 g/mol. The monoisotopic (exact) mass is 477 g/mol. The predicted molar refractivity (Wildman–Crippen MR) is 134 cm³/mol. The van der Waals surface area contributed by atoms with Gasteiger partial charge in [0, 0.05) is 51.4 Å². The van der Waals surface area contributed by atoms with Gasteiger partial charge in [-0.15, -0.1) is 0 Å². The third-order valence-corrected chi connectivity index (χ3v) is 7.60. The molecule has 1 aromatic carbocycles. The minimum absolute atomic E-state index is 0.0698. The summed E-state index contributed by atoms with van der Waals surface area (Å²) in [7, 11) is 0. The number of benzene rings is 1. The van der Waals surface area contributed by atoms with Crippen LogP contribution in [0.1, 0.15) is 40.8 Å². The second-order valence-corrected chi connectivity index (χ2v) is 9.93. The Labute approximate surface area is 207 Å². The molecular formula is C27H35N5O3. The molecule has 1 N–H and O–H groups in total. The van der Waals surface area contributed by atoms with Crippen LogP contribution < -0.4 is 10.1 Å². The Kier molecular flexibility index (Phi) is 7.09. The lowest BCUT2D eigenvalue weighted by molar-refractivity contribution is -0.117. The summed E-state index contributed by atoms with van der Waals surface area (Å²) >= 11 is 0. The molecule has 3 aliphatic heterocycles. The van der Waals surface area contributed by atoms with Crippen molar-refractivity contribution in [1.29, 1.82) is 5.26 Å². The van der Waals surface area contributed by atoms with Crippen molar-refractivity contribution in [3.63, 3.8) is 0 Å². The number of amides is 1. The van der Waals surface area contributed by atoms with E-state index in [1.54, 1.807) is 0 Å². The zero-order valence-electron chi connectivity index (χ0n) is 20.8. The van der Waals surface area contributed by atoms with Crippen LogP contribution in [0.3, 0.4) is 0 Å². The van der Waals surface area contributed by atoms with Gasteiger partial charge in [0.2, 0.25) is 5.91 Å². The summed E-state index contributed by atoms with van der Waals surface area (Å²) < 4.78 is 13.5. The maximum atomic E-state index is 13.0. The number of rotatable bonds is 7. The number of carbonyl (C=O) groups is 1. The van der Waals surface area contributed by atoms with Gasteiger partial charge in [0.05, 0.1) is 31.4 Å². The molecule has 1 atom stereocenters. The molecule has 4 heterocycles. The van der Waals surface area contributed by atoms with Crippen molar-refractivity contribution >= 4 is 11.7 Å². The number of anilines is 1. The van der Waals surface area contributed by atoms with Gasteiger partial charge in [-0.2, -0.15) is 5.26 Å². The second-order valence-electron chi connectivity index (χ2n) is 9.93. The molecule has 2 saturated heterocycles. The van der Waals surface area contributed by atoms with Crippen LogP contribution in [0.25, 0.3) is 0 Å². The van der Waals surface area contributed by atoms with Gasteiger partial charge >= 0.3 is 0 Å².